The summed E-state index contributed by atoms with van der Waals surface area (Å²) in [4.78, 5) is 11.5. The second-order valence-corrected chi connectivity index (χ2v) is 4.26. The summed E-state index contributed by atoms with van der Waals surface area (Å²) in [6.45, 7) is 1.10. The molecular formula is C14H22ClFN2O3. The van der Waals surface area contributed by atoms with Crippen LogP contribution >= 0.6 is 12.4 Å². The summed E-state index contributed by atoms with van der Waals surface area (Å²) in [5.41, 5.74) is 0.858. The van der Waals surface area contributed by atoms with Crippen LogP contribution in [0.25, 0.3) is 0 Å². The van der Waals surface area contributed by atoms with Crippen molar-refractivity contribution in [3.63, 3.8) is 0 Å². The first kappa shape index (κ1) is 19.8. The third-order valence-corrected chi connectivity index (χ3v) is 2.75. The Kier molecular flexibility index (Phi) is 10.8. The summed E-state index contributed by atoms with van der Waals surface area (Å²) in [5, 5.41) is 5.68. The van der Waals surface area contributed by atoms with E-state index in [1.807, 2.05) is 6.07 Å². The fourth-order valence-electron chi connectivity index (χ4n) is 1.67. The van der Waals surface area contributed by atoms with Crippen LogP contribution < -0.4 is 10.6 Å². The van der Waals surface area contributed by atoms with E-state index in [-0.39, 0.29) is 37.0 Å². The van der Waals surface area contributed by atoms with Crippen LogP contribution in [0.15, 0.2) is 24.3 Å². The van der Waals surface area contributed by atoms with Gasteiger partial charge in [0.15, 0.2) is 6.29 Å². The third-order valence-electron chi connectivity index (χ3n) is 2.75. The van der Waals surface area contributed by atoms with Crippen LogP contribution in [0.3, 0.4) is 0 Å². The van der Waals surface area contributed by atoms with Crippen molar-refractivity contribution < 1.29 is 18.7 Å². The van der Waals surface area contributed by atoms with Crippen molar-refractivity contribution in [3.8, 4) is 0 Å². The van der Waals surface area contributed by atoms with E-state index in [0.29, 0.717) is 19.5 Å². The first-order chi connectivity index (χ1) is 9.65. The fourth-order valence-corrected chi connectivity index (χ4v) is 1.67. The van der Waals surface area contributed by atoms with Gasteiger partial charge >= 0.3 is 0 Å². The van der Waals surface area contributed by atoms with E-state index in [2.05, 4.69) is 10.6 Å². The van der Waals surface area contributed by atoms with Gasteiger partial charge in [-0.1, -0.05) is 12.1 Å². The highest BCUT2D eigenvalue weighted by molar-refractivity contribution is 5.85. The zero-order chi connectivity index (χ0) is 14.8. The first-order valence-electron chi connectivity index (χ1n) is 6.43. The molecule has 0 saturated carbocycles. The molecule has 0 radical (unpaired) electrons. The van der Waals surface area contributed by atoms with Gasteiger partial charge in [0.25, 0.3) is 0 Å². The molecule has 7 heteroatoms. The van der Waals surface area contributed by atoms with Crippen LogP contribution in [0, 0.1) is 5.82 Å². The average molecular weight is 321 g/mol. The van der Waals surface area contributed by atoms with Crippen LogP contribution in [0.5, 0.6) is 0 Å². The number of rotatable bonds is 9. The van der Waals surface area contributed by atoms with Crippen molar-refractivity contribution in [2.24, 2.45) is 0 Å². The molecule has 1 rings (SSSR count). The molecule has 0 aliphatic carbocycles. The SMILES string of the molecule is COC(CNCC(=O)NCCc1cccc(F)c1)OC.Cl. The number of ether oxygens (including phenoxy) is 2. The van der Waals surface area contributed by atoms with Gasteiger partial charge in [0, 0.05) is 27.3 Å². The number of hydrogen-bond donors (Lipinski definition) is 2. The second kappa shape index (κ2) is 11.4. The van der Waals surface area contributed by atoms with E-state index in [4.69, 9.17) is 9.47 Å². The minimum Gasteiger partial charge on any atom is -0.355 e. The predicted octanol–water partition coefficient (Wildman–Crippen LogP) is 1.11. The lowest BCUT2D eigenvalue weighted by atomic mass is 10.1. The maximum Gasteiger partial charge on any atom is 0.233 e. The molecule has 0 unspecified atom stereocenters. The van der Waals surface area contributed by atoms with Crippen LogP contribution in [0.4, 0.5) is 4.39 Å². The number of carbonyl (C=O) groups is 1. The molecule has 0 saturated heterocycles. The summed E-state index contributed by atoms with van der Waals surface area (Å²) in [6, 6.07) is 6.35. The van der Waals surface area contributed by atoms with Gasteiger partial charge < -0.3 is 20.1 Å². The van der Waals surface area contributed by atoms with E-state index in [0.717, 1.165) is 5.56 Å². The van der Waals surface area contributed by atoms with Crippen LogP contribution in [-0.4, -0.2) is 46.1 Å². The predicted molar refractivity (Wildman–Crippen MR) is 81.0 cm³/mol. The molecule has 21 heavy (non-hydrogen) atoms. The highest BCUT2D eigenvalue weighted by atomic mass is 35.5. The Morgan fingerprint density at radius 1 is 1.33 bits per heavy atom. The Bertz CT molecular complexity index is 417. The summed E-state index contributed by atoms with van der Waals surface area (Å²) >= 11 is 0. The van der Waals surface area contributed by atoms with E-state index in [1.165, 1.54) is 26.4 Å². The van der Waals surface area contributed by atoms with Gasteiger partial charge in [-0.15, -0.1) is 12.4 Å². The zero-order valence-corrected chi connectivity index (χ0v) is 13.0. The maximum absolute atomic E-state index is 12.9. The second-order valence-electron chi connectivity index (χ2n) is 4.26. The van der Waals surface area contributed by atoms with Crippen molar-refractivity contribution >= 4 is 18.3 Å². The number of amides is 1. The van der Waals surface area contributed by atoms with Gasteiger partial charge in [-0.05, 0) is 24.1 Å². The average Bonchev–Trinajstić information content (AvgIpc) is 2.44. The molecule has 1 aromatic rings. The first-order valence-corrected chi connectivity index (χ1v) is 6.43. The molecule has 0 aliphatic rings. The molecule has 0 spiro atoms. The van der Waals surface area contributed by atoms with E-state index < -0.39 is 0 Å². The third kappa shape index (κ3) is 8.62. The Morgan fingerprint density at radius 3 is 2.67 bits per heavy atom. The molecule has 5 nitrogen and oxygen atoms in total. The zero-order valence-electron chi connectivity index (χ0n) is 12.2. The van der Waals surface area contributed by atoms with Gasteiger partial charge in [0.2, 0.25) is 5.91 Å². The van der Waals surface area contributed by atoms with Crippen molar-refractivity contribution in [1.82, 2.24) is 10.6 Å². The number of methoxy groups -OCH3 is 2. The lowest BCUT2D eigenvalue weighted by molar-refractivity contribution is -0.121. The molecule has 2 N–H and O–H groups in total. The molecule has 0 aromatic heterocycles. The Labute approximate surface area is 130 Å². The molecule has 120 valence electrons. The summed E-state index contributed by atoms with van der Waals surface area (Å²) in [5.74, 6) is -0.381. The van der Waals surface area contributed by atoms with Gasteiger partial charge in [-0.3, -0.25) is 4.79 Å². The lowest BCUT2D eigenvalue weighted by Gasteiger charge is -2.13. The van der Waals surface area contributed by atoms with Gasteiger partial charge in [-0.25, -0.2) is 4.39 Å². The molecule has 0 aliphatic heterocycles. The van der Waals surface area contributed by atoms with Crippen molar-refractivity contribution in [2.45, 2.75) is 12.7 Å². The normalized spacial score (nSPS) is 10.3. The summed E-state index contributed by atoms with van der Waals surface area (Å²) < 4.78 is 22.9. The number of benzene rings is 1. The van der Waals surface area contributed by atoms with Crippen molar-refractivity contribution in [2.75, 3.05) is 33.9 Å². The number of hydrogen-bond acceptors (Lipinski definition) is 4. The number of halogens is 2. The minimum atomic E-state index is -0.366. The standard InChI is InChI=1S/C14H21FN2O3.ClH/c1-19-14(20-2)10-16-9-13(18)17-7-6-11-4-3-5-12(15)8-11;/h3-5,8,14,16H,6-7,9-10H2,1-2H3,(H,17,18);1H. The minimum absolute atomic E-state index is 0. The van der Waals surface area contributed by atoms with Crippen molar-refractivity contribution in [1.29, 1.82) is 0 Å². The van der Waals surface area contributed by atoms with Crippen LogP contribution in [0.2, 0.25) is 0 Å². The van der Waals surface area contributed by atoms with E-state index in [9.17, 15) is 9.18 Å². The van der Waals surface area contributed by atoms with Gasteiger partial charge in [0.05, 0.1) is 6.54 Å². The monoisotopic (exact) mass is 320 g/mol. The lowest BCUT2D eigenvalue weighted by Crippen LogP contribution is -2.38. The number of nitrogens with one attached hydrogen (secondary N) is 2. The molecule has 0 bridgehead atoms. The summed E-state index contributed by atoms with van der Waals surface area (Å²) in [6.07, 6.45) is 0.234. The highest BCUT2D eigenvalue weighted by Gasteiger charge is 2.06. The quantitative estimate of drug-likeness (QED) is 0.669. The van der Waals surface area contributed by atoms with Crippen molar-refractivity contribution in [3.05, 3.63) is 35.6 Å². The maximum atomic E-state index is 12.9. The molecule has 0 atom stereocenters. The van der Waals surface area contributed by atoms with Gasteiger partial charge in [-0.2, -0.15) is 0 Å². The number of carbonyl (C=O) groups excluding carboxylic acids is 1. The molecule has 0 fully saturated rings. The Morgan fingerprint density at radius 2 is 2.05 bits per heavy atom. The largest absolute Gasteiger partial charge is 0.355 e. The molecule has 1 aromatic carbocycles. The molecule has 0 heterocycles. The Hall–Kier alpha value is -1.21. The van der Waals surface area contributed by atoms with Crippen LogP contribution in [-0.2, 0) is 20.7 Å². The highest BCUT2D eigenvalue weighted by Crippen LogP contribution is 2.03. The summed E-state index contributed by atoms with van der Waals surface area (Å²) in [7, 11) is 3.07. The van der Waals surface area contributed by atoms with E-state index in [1.54, 1.807) is 6.07 Å². The van der Waals surface area contributed by atoms with Crippen LogP contribution in [0.1, 0.15) is 5.56 Å². The smallest absolute Gasteiger partial charge is 0.233 e. The fraction of sp³-hybridized carbons (Fsp3) is 0.500. The van der Waals surface area contributed by atoms with E-state index >= 15 is 0 Å². The topological polar surface area (TPSA) is 59.6 Å². The molecular weight excluding hydrogens is 299 g/mol. The molecule has 1 amide bonds. The Balaban J connectivity index is 0.00000400. The van der Waals surface area contributed by atoms with Gasteiger partial charge in [0.1, 0.15) is 5.82 Å².